The topological polar surface area (TPSA) is 52.6 Å². The van der Waals surface area contributed by atoms with E-state index in [0.29, 0.717) is 30.8 Å². The van der Waals surface area contributed by atoms with Crippen LogP contribution >= 0.6 is 0 Å². The zero-order valence-electron chi connectivity index (χ0n) is 16.3. The summed E-state index contributed by atoms with van der Waals surface area (Å²) in [7, 11) is 1.61. The molecule has 0 aliphatic heterocycles. The third kappa shape index (κ3) is 4.06. The summed E-state index contributed by atoms with van der Waals surface area (Å²) >= 11 is 0. The zero-order valence-corrected chi connectivity index (χ0v) is 16.3. The second kappa shape index (κ2) is 8.31. The summed E-state index contributed by atoms with van der Waals surface area (Å²) in [4.78, 5) is 25.7. The number of rotatable bonds is 6. The molecule has 1 atom stereocenters. The Morgan fingerprint density at radius 1 is 0.931 bits per heavy atom. The molecule has 0 fully saturated rings. The highest BCUT2D eigenvalue weighted by molar-refractivity contribution is 6.15. The Bertz CT molecular complexity index is 1020. The molecular formula is C25H22O4. The van der Waals surface area contributed by atoms with E-state index in [4.69, 9.17) is 9.47 Å². The van der Waals surface area contributed by atoms with Crippen molar-refractivity contribution >= 4 is 11.6 Å². The normalized spacial score (nSPS) is 15.5. The lowest BCUT2D eigenvalue weighted by molar-refractivity contribution is -0.119. The molecule has 0 bridgehead atoms. The van der Waals surface area contributed by atoms with Crippen LogP contribution in [0.25, 0.3) is 0 Å². The van der Waals surface area contributed by atoms with Crippen LogP contribution in [-0.2, 0) is 17.8 Å². The lowest BCUT2D eigenvalue weighted by atomic mass is 9.78. The van der Waals surface area contributed by atoms with Crippen molar-refractivity contribution in [3.8, 4) is 11.5 Å². The summed E-state index contributed by atoms with van der Waals surface area (Å²) < 4.78 is 11.1. The van der Waals surface area contributed by atoms with Crippen molar-refractivity contribution in [1.82, 2.24) is 0 Å². The number of ketones is 2. The molecule has 0 N–H and O–H groups in total. The monoisotopic (exact) mass is 386 g/mol. The van der Waals surface area contributed by atoms with E-state index in [1.807, 2.05) is 42.5 Å². The van der Waals surface area contributed by atoms with Gasteiger partial charge >= 0.3 is 0 Å². The molecule has 1 aliphatic rings. The predicted octanol–water partition coefficient (Wildman–Crippen LogP) is 4.76. The molecule has 1 unspecified atom stereocenters. The van der Waals surface area contributed by atoms with Gasteiger partial charge in [0.2, 0.25) is 0 Å². The van der Waals surface area contributed by atoms with Gasteiger partial charge in [0.1, 0.15) is 29.8 Å². The van der Waals surface area contributed by atoms with E-state index in [1.54, 1.807) is 37.4 Å². The molecule has 4 heteroatoms. The summed E-state index contributed by atoms with van der Waals surface area (Å²) in [5, 5.41) is 0. The molecule has 0 spiro atoms. The minimum absolute atomic E-state index is 0.0305. The standard InChI is InChI=1S/C25H22O4/c1-28-21-12-13-22-19(15-21)9-14-23(26)24(22)25(27)18-7-10-20(11-8-18)29-16-17-5-3-2-4-6-17/h2-8,10-13,15,24H,9,14,16H2,1H3. The Labute approximate surface area is 170 Å². The van der Waals surface area contributed by atoms with Crippen LogP contribution in [0.1, 0.15) is 39.4 Å². The molecule has 4 nitrogen and oxygen atoms in total. The maximum absolute atomic E-state index is 13.1. The first-order valence-electron chi connectivity index (χ1n) is 9.66. The Balaban J connectivity index is 1.51. The maximum atomic E-state index is 13.1. The number of carbonyl (C=O) groups is 2. The third-order valence-electron chi connectivity index (χ3n) is 5.27. The first-order valence-corrected chi connectivity index (χ1v) is 9.66. The molecule has 0 heterocycles. The lowest BCUT2D eigenvalue weighted by Crippen LogP contribution is -2.27. The van der Waals surface area contributed by atoms with Crippen LogP contribution in [0.2, 0.25) is 0 Å². The number of hydrogen-bond acceptors (Lipinski definition) is 4. The molecule has 146 valence electrons. The summed E-state index contributed by atoms with van der Waals surface area (Å²) in [5.74, 6) is 0.475. The second-order valence-electron chi connectivity index (χ2n) is 7.13. The Morgan fingerprint density at radius 2 is 1.66 bits per heavy atom. The van der Waals surface area contributed by atoms with Gasteiger partial charge in [0.05, 0.1) is 7.11 Å². The van der Waals surface area contributed by atoms with Crippen LogP contribution in [0.4, 0.5) is 0 Å². The van der Waals surface area contributed by atoms with Gasteiger partial charge in [0, 0.05) is 12.0 Å². The number of carbonyl (C=O) groups excluding carboxylic acids is 2. The molecule has 0 saturated heterocycles. The average molecular weight is 386 g/mol. The smallest absolute Gasteiger partial charge is 0.177 e. The fraction of sp³-hybridized carbons (Fsp3) is 0.200. The van der Waals surface area contributed by atoms with Crippen molar-refractivity contribution in [1.29, 1.82) is 0 Å². The first kappa shape index (κ1) is 18.9. The van der Waals surface area contributed by atoms with E-state index >= 15 is 0 Å². The minimum atomic E-state index is -0.749. The quantitative estimate of drug-likeness (QED) is 0.453. The molecule has 4 rings (SSSR count). The van der Waals surface area contributed by atoms with Gasteiger partial charge in [0.25, 0.3) is 0 Å². The highest BCUT2D eigenvalue weighted by Crippen LogP contribution is 2.34. The zero-order chi connectivity index (χ0) is 20.2. The SMILES string of the molecule is COc1ccc2c(c1)CCC(=O)C2C(=O)c1ccc(OCc2ccccc2)cc1. The molecule has 0 aromatic heterocycles. The number of hydrogen-bond donors (Lipinski definition) is 0. The first-order chi connectivity index (χ1) is 14.2. The number of methoxy groups -OCH3 is 1. The summed E-state index contributed by atoms with van der Waals surface area (Å²) in [6, 6.07) is 22.5. The summed E-state index contributed by atoms with van der Waals surface area (Å²) in [6.45, 7) is 0.463. The van der Waals surface area contributed by atoms with Crippen LogP contribution in [0.3, 0.4) is 0 Å². The van der Waals surface area contributed by atoms with Gasteiger partial charge < -0.3 is 9.47 Å². The number of aryl methyl sites for hydroxylation is 1. The van der Waals surface area contributed by atoms with Gasteiger partial charge in [-0.25, -0.2) is 0 Å². The number of fused-ring (bicyclic) bond motifs is 1. The van der Waals surface area contributed by atoms with Crippen molar-refractivity contribution in [2.45, 2.75) is 25.4 Å². The Hall–Kier alpha value is -3.40. The van der Waals surface area contributed by atoms with Crippen LogP contribution in [-0.4, -0.2) is 18.7 Å². The summed E-state index contributed by atoms with van der Waals surface area (Å²) in [5.41, 5.74) is 3.38. The van der Waals surface area contributed by atoms with Gasteiger partial charge in [-0.05, 0) is 59.5 Å². The van der Waals surface area contributed by atoms with Crippen LogP contribution in [0.15, 0.2) is 72.8 Å². The van der Waals surface area contributed by atoms with E-state index in [-0.39, 0.29) is 11.6 Å². The number of Topliss-reactive ketones (excluding diaryl/α,β-unsaturated/α-hetero) is 2. The van der Waals surface area contributed by atoms with Crippen LogP contribution < -0.4 is 9.47 Å². The highest BCUT2D eigenvalue weighted by Gasteiger charge is 2.34. The molecule has 3 aromatic rings. The molecule has 0 amide bonds. The van der Waals surface area contributed by atoms with Crippen molar-refractivity contribution < 1.29 is 19.1 Å². The van der Waals surface area contributed by atoms with E-state index in [2.05, 4.69) is 0 Å². The Morgan fingerprint density at radius 3 is 2.38 bits per heavy atom. The fourth-order valence-corrected chi connectivity index (χ4v) is 3.69. The molecular weight excluding hydrogens is 364 g/mol. The number of ether oxygens (including phenoxy) is 2. The lowest BCUT2D eigenvalue weighted by Gasteiger charge is -2.24. The highest BCUT2D eigenvalue weighted by atomic mass is 16.5. The molecule has 29 heavy (non-hydrogen) atoms. The number of benzene rings is 3. The molecule has 3 aromatic carbocycles. The van der Waals surface area contributed by atoms with E-state index < -0.39 is 5.92 Å². The van der Waals surface area contributed by atoms with Crippen molar-refractivity contribution in [2.75, 3.05) is 7.11 Å². The fourth-order valence-electron chi connectivity index (χ4n) is 3.69. The molecule has 1 aliphatic carbocycles. The van der Waals surface area contributed by atoms with E-state index in [9.17, 15) is 9.59 Å². The maximum Gasteiger partial charge on any atom is 0.177 e. The van der Waals surface area contributed by atoms with Gasteiger partial charge in [-0.15, -0.1) is 0 Å². The van der Waals surface area contributed by atoms with Crippen molar-refractivity contribution in [3.05, 3.63) is 95.1 Å². The van der Waals surface area contributed by atoms with Crippen molar-refractivity contribution in [2.24, 2.45) is 0 Å². The van der Waals surface area contributed by atoms with Gasteiger partial charge in [0.15, 0.2) is 5.78 Å². The van der Waals surface area contributed by atoms with Gasteiger partial charge in [-0.2, -0.15) is 0 Å². The van der Waals surface area contributed by atoms with Crippen LogP contribution in [0.5, 0.6) is 11.5 Å². The van der Waals surface area contributed by atoms with Crippen molar-refractivity contribution in [3.63, 3.8) is 0 Å². The average Bonchev–Trinajstić information content (AvgIpc) is 2.78. The van der Waals surface area contributed by atoms with E-state index in [1.165, 1.54) is 0 Å². The second-order valence-corrected chi connectivity index (χ2v) is 7.13. The predicted molar refractivity (Wildman–Crippen MR) is 111 cm³/mol. The van der Waals surface area contributed by atoms with Crippen LogP contribution in [0, 0.1) is 0 Å². The Kier molecular flexibility index (Phi) is 5.43. The minimum Gasteiger partial charge on any atom is -0.497 e. The molecule has 0 saturated carbocycles. The molecule has 0 radical (unpaired) electrons. The van der Waals surface area contributed by atoms with Gasteiger partial charge in [-0.1, -0.05) is 36.4 Å². The van der Waals surface area contributed by atoms with E-state index in [0.717, 1.165) is 22.4 Å². The third-order valence-corrected chi connectivity index (χ3v) is 5.27. The van der Waals surface area contributed by atoms with Gasteiger partial charge in [-0.3, -0.25) is 9.59 Å². The summed E-state index contributed by atoms with van der Waals surface area (Å²) in [6.07, 6.45) is 1.01. The largest absolute Gasteiger partial charge is 0.497 e.